The molecule has 0 aromatic heterocycles. The Kier molecular flexibility index (Phi) is 4.82. The number of phenolic OH excluding ortho intramolecular Hbond substituents is 1. The van der Waals surface area contributed by atoms with Gasteiger partial charge < -0.3 is 10.4 Å². The quantitative estimate of drug-likeness (QED) is 0.829. The Labute approximate surface area is 129 Å². The Morgan fingerprint density at radius 1 is 1.14 bits per heavy atom. The van der Waals surface area contributed by atoms with Crippen LogP contribution < -0.4 is 5.32 Å². The minimum atomic E-state index is -3.39. The summed E-state index contributed by atoms with van der Waals surface area (Å²) >= 11 is 0. The number of hydrogen-bond donors (Lipinski definition) is 2. The summed E-state index contributed by atoms with van der Waals surface area (Å²) in [5.74, 6) is -0.543. The van der Waals surface area contributed by atoms with Gasteiger partial charge >= 0.3 is 0 Å². The number of nitrogens with one attached hydrogen (secondary N) is 1. The number of sulfone groups is 1. The maximum Gasteiger partial charge on any atom is 0.228 e. The lowest BCUT2D eigenvalue weighted by Gasteiger charge is -2.09. The van der Waals surface area contributed by atoms with E-state index in [4.69, 9.17) is 0 Å². The predicted molar refractivity (Wildman–Crippen MR) is 84.6 cm³/mol. The number of anilines is 1. The van der Waals surface area contributed by atoms with E-state index < -0.39 is 9.84 Å². The van der Waals surface area contributed by atoms with Crippen LogP contribution >= 0.6 is 0 Å². The Morgan fingerprint density at radius 2 is 1.82 bits per heavy atom. The molecule has 0 aliphatic heterocycles. The van der Waals surface area contributed by atoms with Gasteiger partial charge in [-0.15, -0.1) is 0 Å². The van der Waals surface area contributed by atoms with Crippen molar-refractivity contribution in [2.24, 2.45) is 0 Å². The van der Waals surface area contributed by atoms with Crippen LogP contribution in [0.15, 0.2) is 53.4 Å². The normalized spacial score (nSPS) is 11.1. The monoisotopic (exact) mass is 319 g/mol. The molecule has 0 heterocycles. The zero-order valence-corrected chi connectivity index (χ0v) is 12.9. The Hall–Kier alpha value is -2.34. The lowest BCUT2D eigenvalue weighted by Crippen LogP contribution is -2.15. The van der Waals surface area contributed by atoms with Crippen molar-refractivity contribution in [1.29, 1.82) is 0 Å². The molecule has 0 saturated heterocycles. The fraction of sp³-hybridized carbons (Fsp3) is 0.188. The van der Waals surface area contributed by atoms with Crippen LogP contribution in [0.3, 0.4) is 0 Å². The molecule has 0 saturated carbocycles. The van der Waals surface area contributed by atoms with Crippen LogP contribution in [-0.4, -0.2) is 25.2 Å². The van der Waals surface area contributed by atoms with Crippen LogP contribution in [0.2, 0.25) is 0 Å². The molecule has 22 heavy (non-hydrogen) atoms. The molecule has 0 atom stereocenters. The van der Waals surface area contributed by atoms with Gasteiger partial charge in [-0.3, -0.25) is 4.79 Å². The van der Waals surface area contributed by atoms with Gasteiger partial charge in [-0.25, -0.2) is 8.42 Å². The van der Waals surface area contributed by atoms with Gasteiger partial charge in [-0.05, 0) is 23.8 Å². The summed E-state index contributed by atoms with van der Waals surface area (Å²) in [6.45, 7) is 1.54. The second-order valence-electron chi connectivity index (χ2n) is 4.79. The smallest absolute Gasteiger partial charge is 0.228 e. The number of phenols is 1. The van der Waals surface area contributed by atoms with E-state index in [0.29, 0.717) is 0 Å². The van der Waals surface area contributed by atoms with Gasteiger partial charge in [0, 0.05) is 0 Å². The molecule has 2 aromatic carbocycles. The van der Waals surface area contributed by atoms with Gasteiger partial charge in [0.25, 0.3) is 0 Å². The molecule has 5 nitrogen and oxygen atoms in total. The lowest BCUT2D eigenvalue weighted by atomic mass is 10.1. The molecule has 0 radical (unpaired) electrons. The van der Waals surface area contributed by atoms with E-state index in [2.05, 4.69) is 5.32 Å². The van der Waals surface area contributed by atoms with E-state index in [1.54, 1.807) is 0 Å². The molecule has 6 heteroatoms. The van der Waals surface area contributed by atoms with Crippen LogP contribution in [-0.2, 0) is 21.1 Å². The van der Waals surface area contributed by atoms with Crippen molar-refractivity contribution in [1.82, 2.24) is 0 Å². The molecule has 0 aliphatic rings. The van der Waals surface area contributed by atoms with Gasteiger partial charge in [0.05, 0.1) is 22.8 Å². The van der Waals surface area contributed by atoms with E-state index in [0.717, 1.165) is 5.56 Å². The molecule has 0 aliphatic carbocycles. The number of aromatic hydroxyl groups is 1. The molecular formula is C16H17NO4S. The largest absolute Gasteiger partial charge is 0.506 e. The Morgan fingerprint density at radius 3 is 2.45 bits per heavy atom. The SMILES string of the molecule is CCS(=O)(=O)c1ccc(O)c(NC(=O)Cc2ccccc2)c1. The van der Waals surface area contributed by atoms with E-state index in [1.165, 1.54) is 25.1 Å². The summed E-state index contributed by atoms with van der Waals surface area (Å²) in [7, 11) is -3.39. The molecule has 2 rings (SSSR count). The second kappa shape index (κ2) is 6.62. The summed E-state index contributed by atoms with van der Waals surface area (Å²) in [4.78, 5) is 12.1. The summed E-state index contributed by atoms with van der Waals surface area (Å²) in [6.07, 6.45) is 0.144. The number of benzene rings is 2. The fourth-order valence-corrected chi connectivity index (χ4v) is 2.86. The third-order valence-electron chi connectivity index (χ3n) is 3.19. The van der Waals surface area contributed by atoms with E-state index in [9.17, 15) is 18.3 Å². The second-order valence-corrected chi connectivity index (χ2v) is 7.07. The third kappa shape index (κ3) is 3.85. The zero-order chi connectivity index (χ0) is 16.2. The van der Waals surface area contributed by atoms with Gasteiger partial charge in [0.1, 0.15) is 5.75 Å². The Bertz CT molecular complexity index is 770. The fourth-order valence-electron chi connectivity index (χ4n) is 1.95. The van der Waals surface area contributed by atoms with Gasteiger partial charge in [-0.2, -0.15) is 0 Å². The van der Waals surface area contributed by atoms with Gasteiger partial charge in [0.15, 0.2) is 9.84 Å². The highest BCUT2D eigenvalue weighted by atomic mass is 32.2. The average molecular weight is 319 g/mol. The number of rotatable bonds is 5. The minimum absolute atomic E-state index is 0.0465. The van der Waals surface area contributed by atoms with E-state index in [1.807, 2.05) is 30.3 Å². The van der Waals surface area contributed by atoms with Crippen molar-refractivity contribution in [3.63, 3.8) is 0 Å². The maximum absolute atomic E-state index is 12.0. The van der Waals surface area contributed by atoms with Crippen LogP contribution in [0.5, 0.6) is 5.75 Å². The van der Waals surface area contributed by atoms with Crippen LogP contribution in [0, 0.1) is 0 Å². The first-order valence-corrected chi connectivity index (χ1v) is 8.47. The summed E-state index contributed by atoms with van der Waals surface area (Å²) < 4.78 is 23.7. The first-order valence-electron chi connectivity index (χ1n) is 6.82. The molecule has 2 N–H and O–H groups in total. The van der Waals surface area contributed by atoms with Crippen molar-refractivity contribution >= 4 is 21.4 Å². The van der Waals surface area contributed by atoms with Crippen molar-refractivity contribution < 1.29 is 18.3 Å². The van der Waals surface area contributed by atoms with Crippen molar-refractivity contribution in [3.8, 4) is 5.75 Å². The number of carbonyl (C=O) groups is 1. The Balaban J connectivity index is 2.19. The summed E-state index contributed by atoms with van der Waals surface area (Å²) in [6, 6.07) is 13.0. The molecule has 116 valence electrons. The zero-order valence-electron chi connectivity index (χ0n) is 12.1. The molecule has 0 fully saturated rings. The van der Waals surface area contributed by atoms with Crippen LogP contribution in [0.4, 0.5) is 5.69 Å². The summed E-state index contributed by atoms with van der Waals surface area (Å²) in [5, 5.41) is 12.3. The van der Waals surface area contributed by atoms with E-state index in [-0.39, 0.29) is 34.4 Å². The van der Waals surface area contributed by atoms with Crippen LogP contribution in [0.25, 0.3) is 0 Å². The maximum atomic E-state index is 12.0. The van der Waals surface area contributed by atoms with Gasteiger partial charge in [-0.1, -0.05) is 37.3 Å². The van der Waals surface area contributed by atoms with Crippen molar-refractivity contribution in [2.45, 2.75) is 18.2 Å². The molecule has 1 amide bonds. The van der Waals surface area contributed by atoms with Crippen LogP contribution in [0.1, 0.15) is 12.5 Å². The summed E-state index contributed by atoms with van der Waals surface area (Å²) in [5.41, 5.74) is 0.923. The average Bonchev–Trinajstić information content (AvgIpc) is 2.50. The number of amides is 1. The predicted octanol–water partition coefficient (Wildman–Crippen LogP) is 2.37. The number of carbonyl (C=O) groups excluding carboxylic acids is 1. The molecule has 0 spiro atoms. The highest BCUT2D eigenvalue weighted by Crippen LogP contribution is 2.27. The number of hydrogen-bond acceptors (Lipinski definition) is 4. The van der Waals surface area contributed by atoms with Crippen molar-refractivity contribution in [3.05, 3.63) is 54.1 Å². The standard InChI is InChI=1S/C16H17NO4S/c1-2-22(20,21)13-8-9-15(18)14(11-13)17-16(19)10-12-6-4-3-5-7-12/h3-9,11,18H,2,10H2,1H3,(H,17,19). The lowest BCUT2D eigenvalue weighted by molar-refractivity contribution is -0.115. The molecule has 0 bridgehead atoms. The topological polar surface area (TPSA) is 83.5 Å². The molecule has 2 aromatic rings. The highest BCUT2D eigenvalue weighted by molar-refractivity contribution is 7.91. The first kappa shape index (κ1) is 16.0. The highest BCUT2D eigenvalue weighted by Gasteiger charge is 2.15. The van der Waals surface area contributed by atoms with Gasteiger partial charge in [0.2, 0.25) is 5.91 Å². The molecular weight excluding hydrogens is 302 g/mol. The van der Waals surface area contributed by atoms with Crippen molar-refractivity contribution in [2.75, 3.05) is 11.1 Å². The molecule has 0 unspecified atom stereocenters. The van der Waals surface area contributed by atoms with E-state index >= 15 is 0 Å². The third-order valence-corrected chi connectivity index (χ3v) is 4.92. The first-order chi connectivity index (χ1) is 10.4. The minimum Gasteiger partial charge on any atom is -0.506 e.